The number of carbonyl (C=O) groups excluding carboxylic acids is 2. The van der Waals surface area contributed by atoms with Crippen LogP contribution in [-0.2, 0) is 25.5 Å². The second-order valence-corrected chi connectivity index (χ2v) is 7.75. The van der Waals surface area contributed by atoms with Gasteiger partial charge in [-0.25, -0.2) is 4.79 Å². The maximum absolute atomic E-state index is 13.2. The van der Waals surface area contributed by atoms with E-state index < -0.39 is 17.9 Å². The average molecular weight is 453 g/mol. The highest BCUT2D eigenvalue weighted by atomic mass is 16.5. The number of ether oxygens (including phenoxy) is 1. The Morgan fingerprint density at radius 3 is 2.39 bits per heavy atom. The van der Waals surface area contributed by atoms with Crippen molar-refractivity contribution in [3.8, 4) is 5.75 Å². The van der Waals surface area contributed by atoms with Gasteiger partial charge >= 0.3 is 5.97 Å². The van der Waals surface area contributed by atoms with Crippen molar-refractivity contribution < 1.29 is 29.3 Å². The van der Waals surface area contributed by atoms with Crippen molar-refractivity contribution in [1.29, 1.82) is 0 Å². The molecule has 1 heterocycles. The molecule has 9 heteroatoms. The molecule has 1 fully saturated rings. The topological polar surface area (TPSA) is 129 Å². The molecule has 0 aromatic heterocycles. The number of para-hydroxylation sites is 1. The summed E-state index contributed by atoms with van der Waals surface area (Å²) in [6, 6.07) is 14.6. The standard InChI is InChI=1S/C24H27N3O6/c28-19-8-6-17(7-9-19)14-21(26-22(29)15-25-18-4-2-1-3-5-18)24(32)27-12-10-20(11-13-27)33-16-23(30)31/h1-9,15,20-21,28H,10-14,16H2,(H,26,29)(H,30,31). The van der Waals surface area contributed by atoms with Crippen LogP contribution in [0.3, 0.4) is 0 Å². The van der Waals surface area contributed by atoms with Gasteiger partial charge in [-0.3, -0.25) is 14.6 Å². The van der Waals surface area contributed by atoms with Crippen LogP contribution in [0.25, 0.3) is 0 Å². The number of piperidine rings is 1. The molecule has 2 aromatic carbocycles. The van der Waals surface area contributed by atoms with Crippen LogP contribution in [0.1, 0.15) is 18.4 Å². The third-order valence-electron chi connectivity index (χ3n) is 5.27. The minimum absolute atomic E-state index is 0.115. The highest BCUT2D eigenvalue weighted by Gasteiger charge is 2.29. The zero-order valence-electron chi connectivity index (χ0n) is 18.1. The van der Waals surface area contributed by atoms with Crippen molar-refractivity contribution in [2.24, 2.45) is 4.99 Å². The summed E-state index contributed by atoms with van der Waals surface area (Å²) in [5.41, 5.74) is 1.41. The van der Waals surface area contributed by atoms with Crippen LogP contribution in [0.2, 0.25) is 0 Å². The van der Waals surface area contributed by atoms with Gasteiger partial charge in [-0.1, -0.05) is 30.3 Å². The Labute approximate surface area is 191 Å². The van der Waals surface area contributed by atoms with Crippen LogP contribution >= 0.6 is 0 Å². The van der Waals surface area contributed by atoms with E-state index in [0.717, 1.165) is 11.8 Å². The summed E-state index contributed by atoms with van der Waals surface area (Å²) >= 11 is 0. The number of rotatable bonds is 9. The zero-order chi connectivity index (χ0) is 23.6. The molecule has 1 unspecified atom stereocenters. The highest BCUT2D eigenvalue weighted by Crippen LogP contribution is 2.17. The molecule has 2 aromatic rings. The molecule has 0 spiro atoms. The van der Waals surface area contributed by atoms with E-state index in [-0.39, 0.29) is 30.8 Å². The van der Waals surface area contributed by atoms with Gasteiger partial charge in [0.15, 0.2) is 0 Å². The monoisotopic (exact) mass is 453 g/mol. The van der Waals surface area contributed by atoms with Crippen LogP contribution in [0.15, 0.2) is 59.6 Å². The van der Waals surface area contributed by atoms with Crippen molar-refractivity contribution in [2.75, 3.05) is 19.7 Å². The summed E-state index contributed by atoms with van der Waals surface area (Å²) in [5, 5.41) is 21.0. The Hall–Kier alpha value is -3.72. The number of likely N-dealkylation sites (tertiary alicyclic amines) is 1. The van der Waals surface area contributed by atoms with Gasteiger partial charge in [0.05, 0.1) is 18.0 Å². The van der Waals surface area contributed by atoms with Crippen molar-refractivity contribution in [2.45, 2.75) is 31.4 Å². The highest BCUT2D eigenvalue weighted by molar-refractivity contribution is 6.27. The first-order valence-corrected chi connectivity index (χ1v) is 10.7. The number of phenols is 1. The van der Waals surface area contributed by atoms with Gasteiger partial charge in [0.2, 0.25) is 5.91 Å². The molecular weight excluding hydrogens is 426 g/mol. The van der Waals surface area contributed by atoms with Gasteiger partial charge in [0, 0.05) is 19.5 Å². The molecule has 1 saturated heterocycles. The lowest BCUT2D eigenvalue weighted by Gasteiger charge is -2.34. The van der Waals surface area contributed by atoms with Crippen LogP contribution in [-0.4, -0.2) is 71.0 Å². The molecule has 0 bridgehead atoms. The van der Waals surface area contributed by atoms with Gasteiger partial charge in [0.1, 0.15) is 18.4 Å². The molecule has 3 N–H and O–H groups in total. The quantitative estimate of drug-likeness (QED) is 0.498. The fraction of sp³-hybridized carbons (Fsp3) is 0.333. The first-order valence-electron chi connectivity index (χ1n) is 10.7. The molecule has 1 atom stereocenters. The van der Waals surface area contributed by atoms with Crippen molar-refractivity contribution in [3.63, 3.8) is 0 Å². The van der Waals surface area contributed by atoms with Gasteiger partial charge in [0.25, 0.3) is 5.91 Å². The molecule has 2 amide bonds. The summed E-state index contributed by atoms with van der Waals surface area (Å²) in [6.07, 6.45) is 2.23. The smallest absolute Gasteiger partial charge is 0.329 e. The number of aromatic hydroxyl groups is 1. The molecule has 9 nitrogen and oxygen atoms in total. The number of hydrogen-bond donors (Lipinski definition) is 3. The number of aliphatic carboxylic acids is 1. The second kappa shape index (κ2) is 11.8. The summed E-state index contributed by atoms with van der Waals surface area (Å²) in [4.78, 5) is 42.2. The number of phenolic OH excluding ortho intramolecular Hbond substituents is 1. The second-order valence-electron chi connectivity index (χ2n) is 7.75. The van der Waals surface area contributed by atoms with E-state index in [9.17, 15) is 19.5 Å². The minimum Gasteiger partial charge on any atom is -0.508 e. The molecular formula is C24H27N3O6. The minimum atomic E-state index is -1.03. The van der Waals surface area contributed by atoms with E-state index in [1.807, 2.05) is 18.2 Å². The maximum atomic E-state index is 13.2. The third kappa shape index (κ3) is 7.73. The van der Waals surface area contributed by atoms with Crippen LogP contribution in [0.4, 0.5) is 5.69 Å². The fourth-order valence-electron chi connectivity index (χ4n) is 3.58. The molecule has 1 aliphatic rings. The molecule has 0 saturated carbocycles. The first-order chi connectivity index (χ1) is 15.9. The van der Waals surface area contributed by atoms with Crippen LogP contribution < -0.4 is 5.32 Å². The number of carbonyl (C=O) groups is 3. The molecule has 1 aliphatic heterocycles. The van der Waals surface area contributed by atoms with Crippen molar-refractivity contribution in [1.82, 2.24) is 10.2 Å². The van der Waals surface area contributed by atoms with Gasteiger partial charge in [-0.2, -0.15) is 0 Å². The van der Waals surface area contributed by atoms with E-state index in [1.54, 1.807) is 29.2 Å². The number of aliphatic imine (C=N–C) groups is 1. The molecule has 174 valence electrons. The van der Waals surface area contributed by atoms with E-state index in [0.29, 0.717) is 31.6 Å². The Morgan fingerprint density at radius 2 is 1.76 bits per heavy atom. The summed E-state index contributed by atoms with van der Waals surface area (Å²) in [6.45, 7) is 0.450. The Morgan fingerprint density at radius 1 is 1.09 bits per heavy atom. The normalized spacial score (nSPS) is 15.3. The van der Waals surface area contributed by atoms with Crippen LogP contribution in [0.5, 0.6) is 5.75 Å². The summed E-state index contributed by atoms with van der Waals surface area (Å²) < 4.78 is 5.33. The third-order valence-corrected chi connectivity index (χ3v) is 5.27. The van der Waals surface area contributed by atoms with E-state index in [2.05, 4.69) is 10.3 Å². The molecule has 0 radical (unpaired) electrons. The largest absolute Gasteiger partial charge is 0.508 e. The Balaban J connectivity index is 1.65. The fourth-order valence-corrected chi connectivity index (χ4v) is 3.58. The van der Waals surface area contributed by atoms with Gasteiger partial charge in [-0.05, 0) is 42.7 Å². The number of amides is 2. The number of benzene rings is 2. The Kier molecular flexibility index (Phi) is 8.54. The number of carboxylic acids is 1. The summed E-state index contributed by atoms with van der Waals surface area (Å²) in [5.74, 6) is -1.64. The van der Waals surface area contributed by atoms with Crippen LogP contribution in [0, 0.1) is 0 Å². The van der Waals surface area contributed by atoms with Gasteiger partial charge in [-0.15, -0.1) is 0 Å². The van der Waals surface area contributed by atoms with Gasteiger partial charge < -0.3 is 25.2 Å². The van der Waals surface area contributed by atoms with E-state index in [4.69, 9.17) is 9.84 Å². The average Bonchev–Trinajstić information content (AvgIpc) is 2.83. The lowest BCUT2D eigenvalue weighted by molar-refractivity contribution is -0.147. The van der Waals surface area contributed by atoms with Crippen molar-refractivity contribution >= 4 is 29.7 Å². The predicted octanol–water partition coefficient (Wildman–Crippen LogP) is 1.91. The number of nitrogens with zero attached hydrogens (tertiary/aromatic N) is 2. The number of nitrogens with one attached hydrogen (secondary N) is 1. The summed E-state index contributed by atoms with van der Waals surface area (Å²) in [7, 11) is 0. The maximum Gasteiger partial charge on any atom is 0.329 e. The predicted molar refractivity (Wildman–Crippen MR) is 122 cm³/mol. The SMILES string of the molecule is O=C(O)COC1CCN(C(=O)C(Cc2ccc(O)cc2)NC(=O)C=Nc2ccccc2)CC1. The number of hydrogen-bond acceptors (Lipinski definition) is 6. The molecule has 3 rings (SSSR count). The molecule has 0 aliphatic carbocycles. The van der Waals surface area contributed by atoms with E-state index in [1.165, 1.54) is 12.1 Å². The first kappa shape index (κ1) is 23.9. The van der Waals surface area contributed by atoms with E-state index >= 15 is 0 Å². The number of carboxylic acid groups (broad SMARTS) is 1. The lowest BCUT2D eigenvalue weighted by Crippen LogP contribution is -2.52. The lowest BCUT2D eigenvalue weighted by atomic mass is 10.0. The van der Waals surface area contributed by atoms with Crippen molar-refractivity contribution in [3.05, 3.63) is 60.2 Å². The Bertz CT molecular complexity index is 969. The zero-order valence-corrected chi connectivity index (χ0v) is 18.1. The molecule has 33 heavy (non-hydrogen) atoms.